The van der Waals surface area contributed by atoms with Crippen LogP contribution in [0.1, 0.15) is 82.1 Å². The number of urea groups is 1. The predicted octanol–water partition coefficient (Wildman–Crippen LogP) is 5.03. The van der Waals surface area contributed by atoms with Gasteiger partial charge in [0, 0.05) is 11.4 Å². The maximum atomic E-state index is 13.3. The van der Waals surface area contributed by atoms with Gasteiger partial charge in [-0.2, -0.15) is 0 Å². The molecule has 0 radical (unpaired) electrons. The smallest absolute Gasteiger partial charge is 0.318 e. The molecule has 150 valence electrons. The highest BCUT2D eigenvalue weighted by atomic mass is 32.1. The van der Waals surface area contributed by atoms with Crippen molar-refractivity contribution >= 4 is 23.3 Å². The Hall–Kier alpha value is -1.56. The highest BCUT2D eigenvalue weighted by Gasteiger charge is 2.39. The van der Waals surface area contributed by atoms with Gasteiger partial charge in [-0.25, -0.2) is 4.79 Å². The molecule has 2 heterocycles. The first-order valence-electron chi connectivity index (χ1n) is 10.4. The van der Waals surface area contributed by atoms with Crippen LogP contribution >= 0.6 is 11.3 Å². The molecule has 1 aromatic heterocycles. The minimum absolute atomic E-state index is 0.0125. The number of likely N-dealkylation sites (tertiary alicyclic amines) is 1. The molecule has 1 aliphatic heterocycles. The van der Waals surface area contributed by atoms with Gasteiger partial charge in [-0.1, -0.05) is 38.2 Å². The summed E-state index contributed by atoms with van der Waals surface area (Å²) in [6.45, 7) is 2.99. The highest BCUT2D eigenvalue weighted by molar-refractivity contribution is 7.10. The van der Waals surface area contributed by atoms with Gasteiger partial charge in [0.1, 0.15) is 0 Å². The Morgan fingerprint density at radius 1 is 1.22 bits per heavy atom. The number of hydrogen-bond acceptors (Lipinski definition) is 4. The molecule has 3 rings (SSSR count). The quantitative estimate of drug-likeness (QED) is 0.715. The van der Waals surface area contributed by atoms with E-state index in [0.29, 0.717) is 6.61 Å². The molecule has 1 atom stereocenters. The van der Waals surface area contributed by atoms with Crippen LogP contribution in [0.3, 0.4) is 0 Å². The first kappa shape index (κ1) is 20.2. The summed E-state index contributed by atoms with van der Waals surface area (Å²) in [6, 6.07) is 4.33. The number of rotatable bonds is 5. The van der Waals surface area contributed by atoms with E-state index < -0.39 is 5.54 Å². The van der Waals surface area contributed by atoms with Crippen LogP contribution in [0.25, 0.3) is 0 Å². The Balaban J connectivity index is 1.75. The van der Waals surface area contributed by atoms with Crippen molar-refractivity contribution in [3.63, 3.8) is 0 Å². The van der Waals surface area contributed by atoms with Crippen LogP contribution in [0.15, 0.2) is 17.5 Å². The maximum absolute atomic E-state index is 13.3. The van der Waals surface area contributed by atoms with Crippen molar-refractivity contribution in [2.45, 2.75) is 82.7 Å². The fraction of sp³-hybridized carbons (Fsp3) is 0.714. The van der Waals surface area contributed by atoms with Crippen LogP contribution in [-0.2, 0) is 9.53 Å². The monoisotopic (exact) mass is 392 g/mol. The van der Waals surface area contributed by atoms with Crippen LogP contribution < -0.4 is 5.32 Å². The molecule has 1 aliphatic carbocycles. The largest absolute Gasteiger partial charge is 0.466 e. The van der Waals surface area contributed by atoms with Crippen molar-refractivity contribution in [3.05, 3.63) is 22.4 Å². The van der Waals surface area contributed by atoms with E-state index >= 15 is 0 Å². The normalized spacial score (nSPS) is 22.7. The molecule has 1 saturated carbocycles. The molecule has 0 bridgehead atoms. The number of carbonyl (C=O) groups is 2. The Bertz CT molecular complexity index is 611. The summed E-state index contributed by atoms with van der Waals surface area (Å²) in [5.74, 6) is -0.203. The van der Waals surface area contributed by atoms with Crippen molar-refractivity contribution in [1.82, 2.24) is 10.2 Å². The Morgan fingerprint density at radius 2 is 2.00 bits per heavy atom. The van der Waals surface area contributed by atoms with E-state index in [0.717, 1.165) is 51.5 Å². The summed E-state index contributed by atoms with van der Waals surface area (Å²) in [4.78, 5) is 28.8. The number of nitrogens with one attached hydrogen (secondary N) is 1. The molecule has 2 amide bonds. The van der Waals surface area contributed by atoms with E-state index in [2.05, 4.69) is 22.8 Å². The van der Waals surface area contributed by atoms with Crippen LogP contribution in [-0.4, -0.2) is 35.6 Å². The molecular formula is C21H32N2O3S. The summed E-state index contributed by atoms with van der Waals surface area (Å²) in [5, 5.41) is 5.38. The van der Waals surface area contributed by atoms with Gasteiger partial charge in [-0.3, -0.25) is 4.79 Å². The highest BCUT2D eigenvalue weighted by Crippen LogP contribution is 2.35. The van der Waals surface area contributed by atoms with Crippen LogP contribution in [0.4, 0.5) is 4.79 Å². The van der Waals surface area contributed by atoms with E-state index in [1.807, 2.05) is 11.8 Å². The van der Waals surface area contributed by atoms with Crippen molar-refractivity contribution in [2.24, 2.45) is 0 Å². The third kappa shape index (κ3) is 5.24. The summed E-state index contributed by atoms with van der Waals surface area (Å²) in [5.41, 5.74) is -0.451. The molecule has 2 fully saturated rings. The second-order valence-electron chi connectivity index (χ2n) is 7.83. The summed E-state index contributed by atoms with van der Waals surface area (Å²) >= 11 is 1.73. The molecule has 1 saturated heterocycles. The molecule has 2 aliphatic rings. The van der Waals surface area contributed by atoms with Gasteiger partial charge in [0.15, 0.2) is 0 Å². The minimum Gasteiger partial charge on any atom is -0.466 e. The molecule has 5 nitrogen and oxygen atoms in total. The topological polar surface area (TPSA) is 58.6 Å². The number of esters is 1. The fourth-order valence-electron chi connectivity index (χ4n) is 4.49. The lowest BCUT2D eigenvalue weighted by Gasteiger charge is -2.40. The van der Waals surface area contributed by atoms with Gasteiger partial charge < -0.3 is 15.0 Å². The summed E-state index contributed by atoms with van der Waals surface area (Å²) in [6.07, 6.45) is 9.64. The van der Waals surface area contributed by atoms with E-state index in [1.165, 1.54) is 17.7 Å². The van der Waals surface area contributed by atoms with Gasteiger partial charge >= 0.3 is 12.0 Å². The van der Waals surface area contributed by atoms with Gasteiger partial charge in [-0.05, 0) is 44.1 Å². The predicted molar refractivity (Wildman–Crippen MR) is 108 cm³/mol. The van der Waals surface area contributed by atoms with Crippen molar-refractivity contribution in [1.29, 1.82) is 0 Å². The SMILES string of the molecule is CCOC(=O)CC1(NC(=O)N2CCCCC[C@H]2c2cccs2)CCCCC1. The standard InChI is InChI=1S/C21H32N2O3S/c1-2-26-19(24)16-21(12-6-4-7-13-21)22-20(25)23-14-8-3-5-10-17(23)18-11-9-15-27-18/h9,11,15,17H,2-8,10,12-14,16H2,1H3,(H,22,25)/t17-/m0/s1. The number of ether oxygens (including phenoxy) is 1. The van der Waals surface area contributed by atoms with Crippen molar-refractivity contribution in [3.8, 4) is 0 Å². The summed E-state index contributed by atoms with van der Waals surface area (Å²) in [7, 11) is 0. The number of amides is 2. The number of nitrogens with zero attached hydrogens (tertiary/aromatic N) is 1. The van der Waals surface area contributed by atoms with E-state index in [4.69, 9.17) is 4.74 Å². The van der Waals surface area contributed by atoms with Crippen LogP contribution in [0.2, 0.25) is 0 Å². The van der Waals surface area contributed by atoms with Gasteiger partial charge in [0.05, 0.1) is 24.6 Å². The first-order chi connectivity index (χ1) is 13.1. The second-order valence-corrected chi connectivity index (χ2v) is 8.81. The zero-order valence-corrected chi connectivity index (χ0v) is 17.2. The maximum Gasteiger partial charge on any atom is 0.318 e. The van der Waals surface area contributed by atoms with Crippen molar-refractivity contribution < 1.29 is 14.3 Å². The molecule has 0 spiro atoms. The molecule has 0 unspecified atom stereocenters. The lowest BCUT2D eigenvalue weighted by atomic mass is 9.79. The van der Waals surface area contributed by atoms with E-state index in [-0.39, 0.29) is 24.5 Å². The number of carbonyl (C=O) groups excluding carboxylic acids is 2. The minimum atomic E-state index is -0.451. The average Bonchev–Trinajstić information content (AvgIpc) is 3.06. The van der Waals surface area contributed by atoms with Crippen LogP contribution in [0, 0.1) is 0 Å². The third-order valence-electron chi connectivity index (χ3n) is 5.86. The lowest BCUT2D eigenvalue weighted by molar-refractivity contribution is -0.145. The average molecular weight is 393 g/mol. The van der Waals surface area contributed by atoms with Gasteiger partial charge in [-0.15, -0.1) is 11.3 Å². The third-order valence-corrected chi connectivity index (χ3v) is 6.83. The molecule has 1 N–H and O–H groups in total. The van der Waals surface area contributed by atoms with E-state index in [9.17, 15) is 9.59 Å². The molecule has 6 heteroatoms. The Kier molecular flexibility index (Phi) is 7.16. The van der Waals surface area contributed by atoms with Gasteiger partial charge in [0.2, 0.25) is 0 Å². The van der Waals surface area contributed by atoms with Crippen molar-refractivity contribution in [2.75, 3.05) is 13.2 Å². The van der Waals surface area contributed by atoms with Gasteiger partial charge in [0.25, 0.3) is 0 Å². The first-order valence-corrected chi connectivity index (χ1v) is 11.3. The fourth-order valence-corrected chi connectivity index (χ4v) is 5.36. The zero-order valence-electron chi connectivity index (χ0n) is 16.4. The lowest BCUT2D eigenvalue weighted by Crippen LogP contribution is -2.55. The number of thiophene rings is 1. The van der Waals surface area contributed by atoms with Crippen LogP contribution in [0.5, 0.6) is 0 Å². The number of hydrogen-bond donors (Lipinski definition) is 1. The van der Waals surface area contributed by atoms with E-state index in [1.54, 1.807) is 11.3 Å². The molecular weight excluding hydrogens is 360 g/mol. The second kappa shape index (κ2) is 9.58. The zero-order chi connectivity index (χ0) is 19.1. The Labute approximate surface area is 166 Å². The molecule has 27 heavy (non-hydrogen) atoms. The molecule has 1 aromatic rings. The summed E-state index contributed by atoms with van der Waals surface area (Å²) < 4.78 is 5.19. The Morgan fingerprint density at radius 3 is 2.70 bits per heavy atom. The molecule has 0 aromatic carbocycles.